The topological polar surface area (TPSA) is 98.5 Å². The van der Waals surface area contributed by atoms with Crippen LogP contribution in [-0.2, 0) is 0 Å². The first-order chi connectivity index (χ1) is 11.6. The first-order valence-electron chi connectivity index (χ1n) is 7.01. The summed E-state index contributed by atoms with van der Waals surface area (Å²) in [6, 6.07) is 11.4. The number of rotatable bonds is 4. The summed E-state index contributed by atoms with van der Waals surface area (Å²) in [4.78, 5) is 24.8. The Morgan fingerprint density at radius 2 is 1.54 bits per heavy atom. The van der Waals surface area contributed by atoms with E-state index in [0.717, 1.165) is 9.25 Å². The minimum atomic E-state index is -0.586. The van der Waals surface area contributed by atoms with E-state index in [1.54, 1.807) is 30.3 Å². The summed E-state index contributed by atoms with van der Waals surface area (Å²) in [6.07, 6.45) is 0. The third-order valence-electron chi connectivity index (χ3n) is 3.53. The molecule has 0 unspecified atom stereocenters. The molecule has 24 heavy (non-hydrogen) atoms. The Morgan fingerprint density at radius 1 is 0.958 bits per heavy atom. The fourth-order valence-corrected chi connectivity index (χ4v) is 2.37. The number of para-hydroxylation sites is 1. The molecule has 0 saturated heterocycles. The number of benzene rings is 2. The number of aromatic amines is 1. The molecular formula is C16H15N3O5. The molecule has 8 nitrogen and oxygen atoms in total. The Hall–Kier alpha value is -3.42. The van der Waals surface area contributed by atoms with Crippen LogP contribution in [0, 0.1) is 0 Å². The first-order valence-corrected chi connectivity index (χ1v) is 7.01. The molecule has 2 aromatic carbocycles. The van der Waals surface area contributed by atoms with E-state index in [-0.39, 0.29) is 17.2 Å². The fraction of sp³-hybridized carbons (Fsp3) is 0.125. The van der Waals surface area contributed by atoms with Crippen molar-refractivity contribution in [3.8, 4) is 28.6 Å². The minimum Gasteiger partial charge on any atom is -0.502 e. The third kappa shape index (κ3) is 2.43. The van der Waals surface area contributed by atoms with Crippen LogP contribution in [0.3, 0.4) is 0 Å². The molecule has 0 aliphatic carbocycles. The number of aromatic nitrogens is 3. The number of phenolic OH excluding ortho intramolecular Hbond substituents is 1. The number of H-pyrrole nitrogens is 1. The molecule has 0 spiro atoms. The Morgan fingerprint density at radius 3 is 2.08 bits per heavy atom. The highest BCUT2D eigenvalue weighted by Crippen LogP contribution is 2.37. The zero-order valence-corrected chi connectivity index (χ0v) is 13.0. The SMILES string of the molecule is COc1cc(-n2[nH]c(=O)n(-c3ccccc3)c2=O)cc(OC)c1O. The van der Waals surface area contributed by atoms with Gasteiger partial charge in [-0.1, -0.05) is 18.2 Å². The van der Waals surface area contributed by atoms with Gasteiger partial charge in [0.2, 0.25) is 5.75 Å². The lowest BCUT2D eigenvalue weighted by molar-refractivity contribution is 0.339. The van der Waals surface area contributed by atoms with E-state index in [1.165, 1.54) is 26.4 Å². The monoisotopic (exact) mass is 329 g/mol. The molecule has 0 bridgehead atoms. The van der Waals surface area contributed by atoms with Crippen LogP contribution in [0.5, 0.6) is 17.2 Å². The summed E-state index contributed by atoms with van der Waals surface area (Å²) in [5, 5.41) is 12.4. The van der Waals surface area contributed by atoms with E-state index in [0.29, 0.717) is 11.4 Å². The molecule has 0 aliphatic heterocycles. The molecular weight excluding hydrogens is 314 g/mol. The zero-order valence-electron chi connectivity index (χ0n) is 13.0. The van der Waals surface area contributed by atoms with Crippen LogP contribution in [0.4, 0.5) is 0 Å². The maximum absolute atomic E-state index is 12.6. The van der Waals surface area contributed by atoms with Gasteiger partial charge in [0.25, 0.3) is 0 Å². The fourth-order valence-electron chi connectivity index (χ4n) is 2.37. The highest BCUT2D eigenvalue weighted by atomic mass is 16.5. The summed E-state index contributed by atoms with van der Waals surface area (Å²) in [5.41, 5.74) is -0.434. The summed E-state index contributed by atoms with van der Waals surface area (Å²) >= 11 is 0. The molecule has 0 radical (unpaired) electrons. The van der Waals surface area contributed by atoms with Crippen molar-refractivity contribution >= 4 is 0 Å². The van der Waals surface area contributed by atoms with Crippen LogP contribution in [0.15, 0.2) is 52.1 Å². The second-order valence-electron chi connectivity index (χ2n) is 4.90. The number of nitrogens with zero attached hydrogens (tertiary/aromatic N) is 2. The van der Waals surface area contributed by atoms with Crippen LogP contribution >= 0.6 is 0 Å². The molecule has 3 rings (SSSR count). The van der Waals surface area contributed by atoms with Crippen molar-refractivity contribution in [2.45, 2.75) is 0 Å². The van der Waals surface area contributed by atoms with Crippen molar-refractivity contribution < 1.29 is 14.6 Å². The van der Waals surface area contributed by atoms with Gasteiger partial charge < -0.3 is 14.6 Å². The van der Waals surface area contributed by atoms with Gasteiger partial charge in [0.05, 0.1) is 25.6 Å². The molecule has 0 aliphatic rings. The van der Waals surface area contributed by atoms with Crippen molar-refractivity contribution in [2.24, 2.45) is 0 Å². The Labute approximate surface area is 136 Å². The summed E-state index contributed by atoms with van der Waals surface area (Å²) in [5.74, 6) is 0.0377. The third-order valence-corrected chi connectivity index (χ3v) is 3.53. The zero-order chi connectivity index (χ0) is 17.3. The van der Waals surface area contributed by atoms with Gasteiger partial charge in [-0.25, -0.2) is 23.9 Å². The molecule has 8 heteroatoms. The van der Waals surface area contributed by atoms with Crippen LogP contribution in [0.25, 0.3) is 11.4 Å². The van der Waals surface area contributed by atoms with E-state index < -0.39 is 11.4 Å². The largest absolute Gasteiger partial charge is 0.502 e. The number of ether oxygens (including phenoxy) is 2. The van der Waals surface area contributed by atoms with Crippen LogP contribution < -0.4 is 20.9 Å². The van der Waals surface area contributed by atoms with Crippen LogP contribution in [0.1, 0.15) is 0 Å². The first kappa shape index (κ1) is 15.5. The lowest BCUT2D eigenvalue weighted by Gasteiger charge is -2.10. The second-order valence-corrected chi connectivity index (χ2v) is 4.90. The average molecular weight is 329 g/mol. The number of methoxy groups -OCH3 is 2. The molecule has 0 atom stereocenters. The Kier molecular flexibility index (Phi) is 3.87. The quantitative estimate of drug-likeness (QED) is 0.745. The number of hydrogen-bond acceptors (Lipinski definition) is 5. The molecule has 2 N–H and O–H groups in total. The lowest BCUT2D eigenvalue weighted by Crippen LogP contribution is -2.26. The highest BCUT2D eigenvalue weighted by molar-refractivity contribution is 5.57. The average Bonchev–Trinajstić information content (AvgIpc) is 2.90. The Bertz CT molecular complexity index is 960. The number of nitrogens with one attached hydrogen (secondary N) is 1. The molecule has 124 valence electrons. The van der Waals surface area contributed by atoms with Crippen molar-refractivity contribution in [3.63, 3.8) is 0 Å². The van der Waals surface area contributed by atoms with E-state index >= 15 is 0 Å². The Balaban J connectivity index is 2.23. The van der Waals surface area contributed by atoms with Crippen LogP contribution in [0.2, 0.25) is 0 Å². The van der Waals surface area contributed by atoms with Gasteiger partial charge in [-0.3, -0.25) is 0 Å². The van der Waals surface area contributed by atoms with Gasteiger partial charge >= 0.3 is 11.4 Å². The van der Waals surface area contributed by atoms with E-state index in [4.69, 9.17) is 9.47 Å². The van der Waals surface area contributed by atoms with Crippen molar-refractivity contribution in [2.75, 3.05) is 14.2 Å². The highest BCUT2D eigenvalue weighted by Gasteiger charge is 2.17. The lowest BCUT2D eigenvalue weighted by atomic mass is 10.2. The summed E-state index contributed by atoms with van der Waals surface area (Å²) in [6.45, 7) is 0. The molecule has 0 amide bonds. The van der Waals surface area contributed by atoms with Gasteiger partial charge in [-0.15, -0.1) is 0 Å². The summed E-state index contributed by atoms with van der Waals surface area (Å²) in [7, 11) is 2.75. The van der Waals surface area contributed by atoms with Gasteiger partial charge in [0.1, 0.15) is 0 Å². The van der Waals surface area contributed by atoms with E-state index in [9.17, 15) is 14.7 Å². The maximum atomic E-state index is 12.6. The number of hydrogen-bond donors (Lipinski definition) is 2. The molecule has 3 aromatic rings. The second kappa shape index (κ2) is 5.99. The molecule has 0 saturated carbocycles. The number of phenols is 1. The van der Waals surface area contributed by atoms with E-state index in [2.05, 4.69) is 5.10 Å². The van der Waals surface area contributed by atoms with Gasteiger partial charge in [-0.2, -0.15) is 0 Å². The van der Waals surface area contributed by atoms with Gasteiger partial charge in [0.15, 0.2) is 11.5 Å². The van der Waals surface area contributed by atoms with Crippen molar-refractivity contribution in [1.82, 2.24) is 14.3 Å². The van der Waals surface area contributed by atoms with Gasteiger partial charge in [-0.05, 0) is 12.1 Å². The standard InChI is InChI=1S/C16H15N3O5/c1-23-12-8-11(9-13(24-2)14(12)20)19-16(22)18(15(21)17-19)10-6-4-3-5-7-10/h3-9,20H,1-2H3,(H,17,21). The maximum Gasteiger partial charge on any atom is 0.356 e. The predicted octanol–water partition coefficient (Wildman–Crippen LogP) is 1.04. The van der Waals surface area contributed by atoms with Crippen molar-refractivity contribution in [1.29, 1.82) is 0 Å². The molecule has 1 heterocycles. The smallest absolute Gasteiger partial charge is 0.356 e. The predicted molar refractivity (Wildman–Crippen MR) is 86.8 cm³/mol. The van der Waals surface area contributed by atoms with Crippen LogP contribution in [-0.4, -0.2) is 33.7 Å². The normalized spacial score (nSPS) is 10.6. The van der Waals surface area contributed by atoms with Crippen molar-refractivity contribution in [3.05, 3.63) is 63.4 Å². The molecule has 0 fully saturated rings. The number of aromatic hydroxyl groups is 1. The van der Waals surface area contributed by atoms with Gasteiger partial charge in [0, 0.05) is 12.1 Å². The minimum absolute atomic E-state index is 0.115. The van der Waals surface area contributed by atoms with E-state index in [1.807, 2.05) is 0 Å². The molecule has 1 aromatic heterocycles. The summed E-state index contributed by atoms with van der Waals surface area (Å²) < 4.78 is 12.2.